The maximum atomic E-state index is 13.0. The quantitative estimate of drug-likeness (QED) is 0.824. The Morgan fingerprint density at radius 2 is 1.76 bits per heavy atom. The summed E-state index contributed by atoms with van der Waals surface area (Å²) in [5.74, 6) is -0.451. The molecule has 0 bridgehead atoms. The van der Waals surface area contributed by atoms with Crippen LogP contribution >= 0.6 is 11.6 Å². The average Bonchev–Trinajstić information content (AvgIpc) is 2.41. The Labute approximate surface area is 123 Å². The van der Waals surface area contributed by atoms with Gasteiger partial charge in [-0.3, -0.25) is 0 Å². The second-order valence-corrected chi connectivity index (χ2v) is 4.54. The van der Waals surface area contributed by atoms with Gasteiger partial charge in [0.05, 0.1) is 5.56 Å². The minimum atomic E-state index is -4.62. The molecule has 0 aliphatic heterocycles. The predicted octanol–water partition coefficient (Wildman–Crippen LogP) is 4.60. The van der Waals surface area contributed by atoms with Crippen molar-refractivity contribution in [1.29, 1.82) is 5.26 Å². The zero-order valence-electron chi connectivity index (χ0n) is 10.4. The zero-order chi connectivity index (χ0) is 15.6. The molecule has 0 aliphatic carbocycles. The van der Waals surface area contributed by atoms with Gasteiger partial charge in [-0.2, -0.15) is 18.4 Å². The van der Waals surface area contributed by atoms with Crippen LogP contribution in [-0.2, 0) is 6.18 Å². The van der Waals surface area contributed by atoms with Gasteiger partial charge in [0.15, 0.2) is 0 Å². The van der Waals surface area contributed by atoms with Crippen LogP contribution in [0.5, 0.6) is 11.5 Å². The Bertz CT molecular complexity index is 723. The van der Waals surface area contributed by atoms with E-state index in [1.54, 1.807) is 0 Å². The molecule has 0 fully saturated rings. The fourth-order valence-electron chi connectivity index (χ4n) is 1.66. The summed E-state index contributed by atoms with van der Waals surface area (Å²) in [6, 6.07) is 9.03. The van der Waals surface area contributed by atoms with Crippen molar-refractivity contribution in [3.8, 4) is 17.6 Å². The minimum Gasteiger partial charge on any atom is -0.455 e. The third-order valence-corrected chi connectivity index (χ3v) is 2.83. The summed E-state index contributed by atoms with van der Waals surface area (Å²) >= 11 is 5.72. The molecule has 0 aliphatic rings. The van der Waals surface area contributed by atoms with Gasteiger partial charge in [-0.05, 0) is 36.4 Å². The van der Waals surface area contributed by atoms with Crippen LogP contribution < -0.4 is 10.5 Å². The Hall–Kier alpha value is -2.39. The first kappa shape index (κ1) is 15.0. The van der Waals surface area contributed by atoms with E-state index in [0.717, 1.165) is 12.1 Å². The van der Waals surface area contributed by atoms with Crippen LogP contribution in [0.1, 0.15) is 11.1 Å². The first-order chi connectivity index (χ1) is 9.81. The number of ether oxygens (including phenoxy) is 1. The lowest BCUT2D eigenvalue weighted by atomic mass is 10.1. The van der Waals surface area contributed by atoms with Crippen LogP contribution in [0, 0.1) is 11.3 Å². The fraction of sp³-hybridized carbons (Fsp3) is 0.0714. The van der Waals surface area contributed by atoms with E-state index in [1.807, 2.05) is 6.07 Å². The maximum Gasteiger partial charge on any atom is 0.420 e. The summed E-state index contributed by atoms with van der Waals surface area (Å²) in [6.07, 6.45) is -4.62. The Kier molecular flexibility index (Phi) is 3.96. The van der Waals surface area contributed by atoms with Crippen molar-refractivity contribution in [3.05, 3.63) is 52.5 Å². The van der Waals surface area contributed by atoms with Crippen molar-refractivity contribution in [1.82, 2.24) is 0 Å². The van der Waals surface area contributed by atoms with Crippen LogP contribution in [0.2, 0.25) is 5.02 Å². The molecule has 0 unspecified atom stereocenters. The molecule has 2 aromatic rings. The molecule has 0 heterocycles. The van der Waals surface area contributed by atoms with Crippen molar-refractivity contribution in [2.24, 2.45) is 0 Å². The van der Waals surface area contributed by atoms with Gasteiger partial charge in [0.1, 0.15) is 23.1 Å². The molecule has 2 aromatic carbocycles. The van der Waals surface area contributed by atoms with Crippen LogP contribution in [0.3, 0.4) is 0 Å². The minimum absolute atomic E-state index is 0.0165. The summed E-state index contributed by atoms with van der Waals surface area (Å²) in [4.78, 5) is 0. The van der Waals surface area contributed by atoms with Crippen molar-refractivity contribution in [3.63, 3.8) is 0 Å². The number of hydrogen-bond acceptors (Lipinski definition) is 3. The summed E-state index contributed by atoms with van der Waals surface area (Å²) in [7, 11) is 0. The Morgan fingerprint density at radius 3 is 2.38 bits per heavy atom. The number of rotatable bonds is 2. The Balaban J connectivity index is 2.48. The van der Waals surface area contributed by atoms with E-state index in [0.29, 0.717) is 0 Å². The highest BCUT2D eigenvalue weighted by Gasteiger charge is 2.35. The summed E-state index contributed by atoms with van der Waals surface area (Å²) < 4.78 is 44.1. The highest BCUT2D eigenvalue weighted by atomic mass is 35.5. The lowest BCUT2D eigenvalue weighted by Gasteiger charge is -2.15. The van der Waals surface area contributed by atoms with Crippen molar-refractivity contribution < 1.29 is 17.9 Å². The summed E-state index contributed by atoms with van der Waals surface area (Å²) in [6.45, 7) is 0. The third-order valence-electron chi connectivity index (χ3n) is 2.59. The van der Waals surface area contributed by atoms with E-state index in [-0.39, 0.29) is 22.0 Å². The first-order valence-electron chi connectivity index (χ1n) is 5.65. The monoisotopic (exact) mass is 312 g/mol. The molecule has 7 heteroatoms. The Morgan fingerprint density at radius 1 is 1.10 bits per heavy atom. The largest absolute Gasteiger partial charge is 0.455 e. The van der Waals surface area contributed by atoms with E-state index < -0.39 is 17.5 Å². The zero-order valence-corrected chi connectivity index (χ0v) is 11.2. The number of benzene rings is 2. The fourth-order valence-corrected chi connectivity index (χ4v) is 1.83. The van der Waals surface area contributed by atoms with E-state index >= 15 is 0 Å². The van der Waals surface area contributed by atoms with Crippen molar-refractivity contribution >= 4 is 17.3 Å². The lowest BCUT2D eigenvalue weighted by molar-refractivity contribution is -0.138. The van der Waals surface area contributed by atoms with Crippen molar-refractivity contribution in [2.75, 3.05) is 5.73 Å². The van der Waals surface area contributed by atoms with Gasteiger partial charge in [-0.1, -0.05) is 11.6 Å². The molecule has 2 rings (SSSR count). The molecule has 108 valence electrons. The molecule has 0 aromatic heterocycles. The number of nitrogens with zero attached hydrogens (tertiary/aromatic N) is 1. The molecule has 0 spiro atoms. The summed E-state index contributed by atoms with van der Waals surface area (Å²) in [5, 5.41) is 9.25. The average molecular weight is 313 g/mol. The highest BCUT2D eigenvalue weighted by molar-refractivity contribution is 6.30. The van der Waals surface area contributed by atoms with Crippen LogP contribution in [0.15, 0.2) is 36.4 Å². The van der Waals surface area contributed by atoms with Gasteiger partial charge in [-0.25, -0.2) is 0 Å². The molecule has 0 amide bonds. The second-order valence-electron chi connectivity index (χ2n) is 4.11. The second kappa shape index (κ2) is 5.54. The van der Waals surface area contributed by atoms with Gasteiger partial charge in [-0.15, -0.1) is 0 Å². The van der Waals surface area contributed by atoms with E-state index in [4.69, 9.17) is 27.3 Å². The van der Waals surface area contributed by atoms with Gasteiger partial charge >= 0.3 is 6.18 Å². The third kappa shape index (κ3) is 3.38. The molecule has 0 atom stereocenters. The van der Waals surface area contributed by atoms with Crippen LogP contribution in [-0.4, -0.2) is 0 Å². The molecule has 3 nitrogen and oxygen atoms in total. The van der Waals surface area contributed by atoms with E-state index in [1.165, 1.54) is 24.3 Å². The SMILES string of the molecule is N#Cc1cc(Cl)ccc1Oc1ccc(N)cc1C(F)(F)F. The number of anilines is 1. The number of hydrogen-bond donors (Lipinski definition) is 1. The standard InChI is InChI=1S/C14H8ClF3N2O/c15-9-1-3-12(8(5-9)7-19)21-13-4-2-10(20)6-11(13)14(16,17)18/h1-6H,20H2. The van der Waals surface area contributed by atoms with Gasteiger partial charge in [0.25, 0.3) is 0 Å². The highest BCUT2D eigenvalue weighted by Crippen LogP contribution is 2.40. The van der Waals surface area contributed by atoms with Gasteiger partial charge in [0.2, 0.25) is 0 Å². The normalized spacial score (nSPS) is 11.0. The van der Waals surface area contributed by atoms with Gasteiger partial charge < -0.3 is 10.5 Å². The smallest absolute Gasteiger partial charge is 0.420 e. The predicted molar refractivity (Wildman–Crippen MR) is 72.1 cm³/mol. The number of alkyl halides is 3. The summed E-state index contributed by atoms with van der Waals surface area (Å²) in [5.41, 5.74) is 4.35. The molecule has 0 saturated carbocycles. The molecule has 21 heavy (non-hydrogen) atoms. The van der Waals surface area contributed by atoms with E-state index in [9.17, 15) is 13.2 Å². The first-order valence-corrected chi connectivity index (χ1v) is 6.03. The number of halogens is 4. The van der Waals surface area contributed by atoms with Crippen LogP contribution in [0.4, 0.5) is 18.9 Å². The molecular weight excluding hydrogens is 305 g/mol. The molecule has 0 saturated heterocycles. The van der Waals surface area contributed by atoms with E-state index in [2.05, 4.69) is 0 Å². The van der Waals surface area contributed by atoms with Crippen LogP contribution in [0.25, 0.3) is 0 Å². The molecular formula is C14H8ClF3N2O. The van der Waals surface area contributed by atoms with Crippen molar-refractivity contribution in [2.45, 2.75) is 6.18 Å². The topological polar surface area (TPSA) is 59.0 Å². The van der Waals surface area contributed by atoms with Gasteiger partial charge in [0, 0.05) is 10.7 Å². The molecule has 2 N–H and O–H groups in total. The number of nitrogen functional groups attached to an aromatic ring is 1. The maximum absolute atomic E-state index is 13.0. The number of nitriles is 1. The number of nitrogens with two attached hydrogens (primary N) is 1. The lowest BCUT2D eigenvalue weighted by Crippen LogP contribution is -2.08. The molecule has 0 radical (unpaired) electrons.